The van der Waals surface area contributed by atoms with Gasteiger partial charge in [-0.05, 0) is 37.0 Å². The van der Waals surface area contributed by atoms with Crippen LogP contribution in [0.3, 0.4) is 0 Å². The highest BCUT2D eigenvalue weighted by Gasteiger charge is 2.51. The van der Waals surface area contributed by atoms with Gasteiger partial charge in [0.2, 0.25) is 5.91 Å². The molecule has 5 nitrogen and oxygen atoms in total. The number of rotatable bonds is 6. The van der Waals surface area contributed by atoms with Crippen molar-refractivity contribution in [2.24, 2.45) is 5.73 Å². The molecule has 2 rings (SSSR count). The molecule has 108 valence electrons. The van der Waals surface area contributed by atoms with E-state index in [-0.39, 0.29) is 18.4 Å². The van der Waals surface area contributed by atoms with Crippen molar-refractivity contribution in [3.8, 4) is 0 Å². The van der Waals surface area contributed by atoms with E-state index in [4.69, 9.17) is 5.73 Å². The summed E-state index contributed by atoms with van der Waals surface area (Å²) >= 11 is 0. The van der Waals surface area contributed by atoms with Crippen LogP contribution in [-0.4, -0.2) is 23.0 Å². The summed E-state index contributed by atoms with van der Waals surface area (Å²) in [5.41, 5.74) is 6.49. The van der Waals surface area contributed by atoms with E-state index in [2.05, 4.69) is 5.32 Å². The number of hydrogen-bond donors (Lipinski definition) is 3. The molecule has 0 aromatic heterocycles. The predicted molar refractivity (Wildman–Crippen MR) is 76.5 cm³/mol. The molecule has 1 fully saturated rings. The predicted octanol–water partition coefficient (Wildman–Crippen LogP) is 1.87. The van der Waals surface area contributed by atoms with E-state index in [1.807, 2.05) is 6.92 Å². The van der Waals surface area contributed by atoms with Crippen LogP contribution in [0.15, 0.2) is 24.3 Å². The quantitative estimate of drug-likeness (QED) is 0.739. The topological polar surface area (TPSA) is 92.4 Å². The van der Waals surface area contributed by atoms with E-state index in [1.165, 1.54) is 0 Å². The Morgan fingerprint density at radius 1 is 1.35 bits per heavy atom. The normalized spacial score (nSPS) is 17.3. The number of carbonyl (C=O) groups excluding carboxylic acids is 1. The molecule has 0 radical (unpaired) electrons. The van der Waals surface area contributed by atoms with Gasteiger partial charge in [0.25, 0.3) is 0 Å². The van der Waals surface area contributed by atoms with Crippen LogP contribution in [-0.2, 0) is 15.0 Å². The van der Waals surface area contributed by atoms with E-state index < -0.39 is 11.4 Å². The number of anilines is 1. The Hall–Kier alpha value is -1.88. The van der Waals surface area contributed by atoms with Gasteiger partial charge < -0.3 is 16.2 Å². The van der Waals surface area contributed by atoms with Gasteiger partial charge in [-0.15, -0.1) is 0 Å². The molecule has 1 aliphatic carbocycles. The number of hydrogen-bond acceptors (Lipinski definition) is 3. The van der Waals surface area contributed by atoms with Crippen LogP contribution in [0.5, 0.6) is 0 Å². The second kappa shape index (κ2) is 5.63. The standard InChI is InChI=1S/C15H20N2O3/c1-2-11(16)9-13(18)17-12-5-3-10(4-6-12)15(7-8-15)14(19)20/h3-6,11H,2,7-9,16H2,1H3,(H,17,18)(H,19,20). The first-order valence-electron chi connectivity index (χ1n) is 6.87. The Balaban J connectivity index is 1.99. The summed E-state index contributed by atoms with van der Waals surface area (Å²) in [6, 6.07) is 6.91. The smallest absolute Gasteiger partial charge is 0.314 e. The van der Waals surface area contributed by atoms with Crippen molar-refractivity contribution in [3.63, 3.8) is 0 Å². The average Bonchev–Trinajstić information content (AvgIpc) is 3.20. The van der Waals surface area contributed by atoms with E-state index in [9.17, 15) is 14.7 Å². The maximum Gasteiger partial charge on any atom is 0.314 e. The maximum atomic E-state index is 11.7. The molecule has 0 saturated heterocycles. The summed E-state index contributed by atoms with van der Waals surface area (Å²) in [4.78, 5) is 22.9. The van der Waals surface area contributed by atoms with E-state index in [0.29, 0.717) is 18.5 Å². The van der Waals surface area contributed by atoms with Crippen LogP contribution in [0.1, 0.15) is 38.2 Å². The Morgan fingerprint density at radius 2 is 1.95 bits per heavy atom. The molecule has 1 amide bonds. The fraction of sp³-hybridized carbons (Fsp3) is 0.467. The van der Waals surface area contributed by atoms with Crippen LogP contribution >= 0.6 is 0 Å². The van der Waals surface area contributed by atoms with Crippen molar-refractivity contribution in [2.75, 3.05) is 5.32 Å². The third-order valence-corrected chi connectivity index (χ3v) is 3.85. The van der Waals surface area contributed by atoms with Gasteiger partial charge in [0.05, 0.1) is 5.41 Å². The zero-order chi connectivity index (χ0) is 14.8. The molecule has 20 heavy (non-hydrogen) atoms. The SMILES string of the molecule is CCC(N)CC(=O)Nc1ccc(C2(C(=O)O)CC2)cc1. The number of aliphatic carboxylic acids is 1. The number of benzene rings is 1. The molecule has 1 unspecified atom stereocenters. The zero-order valence-electron chi connectivity index (χ0n) is 11.6. The highest BCUT2D eigenvalue weighted by atomic mass is 16.4. The Kier molecular flexibility index (Phi) is 4.09. The molecule has 1 atom stereocenters. The van der Waals surface area contributed by atoms with Gasteiger partial charge in [-0.1, -0.05) is 19.1 Å². The summed E-state index contributed by atoms with van der Waals surface area (Å²) < 4.78 is 0. The Labute approximate surface area is 118 Å². The molecule has 5 heteroatoms. The molecular weight excluding hydrogens is 256 g/mol. The first-order valence-corrected chi connectivity index (χ1v) is 6.87. The lowest BCUT2D eigenvalue weighted by molar-refractivity contribution is -0.140. The minimum absolute atomic E-state index is 0.119. The van der Waals surface area contributed by atoms with Crippen LogP contribution in [0, 0.1) is 0 Å². The average molecular weight is 276 g/mol. The van der Waals surface area contributed by atoms with Gasteiger partial charge >= 0.3 is 5.97 Å². The number of carbonyl (C=O) groups is 2. The van der Waals surface area contributed by atoms with E-state index >= 15 is 0 Å². The van der Waals surface area contributed by atoms with Gasteiger partial charge in [-0.2, -0.15) is 0 Å². The van der Waals surface area contributed by atoms with Gasteiger partial charge in [-0.25, -0.2) is 0 Å². The second-order valence-corrected chi connectivity index (χ2v) is 5.39. The zero-order valence-corrected chi connectivity index (χ0v) is 11.6. The summed E-state index contributed by atoms with van der Waals surface area (Å²) in [6.45, 7) is 1.94. The van der Waals surface area contributed by atoms with Crippen LogP contribution in [0.25, 0.3) is 0 Å². The fourth-order valence-electron chi connectivity index (χ4n) is 2.22. The van der Waals surface area contributed by atoms with Crippen LogP contribution in [0.4, 0.5) is 5.69 Å². The first kappa shape index (κ1) is 14.5. The minimum atomic E-state index is -0.775. The highest BCUT2D eigenvalue weighted by Crippen LogP contribution is 2.48. The lowest BCUT2D eigenvalue weighted by Gasteiger charge is -2.12. The fourth-order valence-corrected chi connectivity index (χ4v) is 2.22. The van der Waals surface area contributed by atoms with Crippen LogP contribution < -0.4 is 11.1 Å². The van der Waals surface area contributed by atoms with Crippen molar-refractivity contribution in [1.29, 1.82) is 0 Å². The van der Waals surface area contributed by atoms with E-state index in [0.717, 1.165) is 12.0 Å². The molecule has 4 N–H and O–H groups in total. The van der Waals surface area contributed by atoms with Gasteiger partial charge in [0.1, 0.15) is 0 Å². The van der Waals surface area contributed by atoms with Gasteiger partial charge in [-0.3, -0.25) is 9.59 Å². The second-order valence-electron chi connectivity index (χ2n) is 5.39. The maximum absolute atomic E-state index is 11.7. The summed E-state index contributed by atoms with van der Waals surface area (Å²) in [5.74, 6) is -0.894. The third-order valence-electron chi connectivity index (χ3n) is 3.85. The monoisotopic (exact) mass is 276 g/mol. The number of carboxylic acid groups (broad SMARTS) is 1. The largest absolute Gasteiger partial charge is 0.481 e. The van der Waals surface area contributed by atoms with Crippen molar-refractivity contribution >= 4 is 17.6 Å². The van der Waals surface area contributed by atoms with Crippen molar-refractivity contribution in [1.82, 2.24) is 0 Å². The molecular formula is C15H20N2O3. The third kappa shape index (κ3) is 2.99. The lowest BCUT2D eigenvalue weighted by Crippen LogP contribution is -2.26. The minimum Gasteiger partial charge on any atom is -0.481 e. The summed E-state index contributed by atoms with van der Waals surface area (Å²) in [5, 5.41) is 12.0. The number of carboxylic acids is 1. The number of nitrogens with two attached hydrogens (primary N) is 1. The number of nitrogens with one attached hydrogen (secondary N) is 1. The first-order chi connectivity index (χ1) is 9.48. The van der Waals surface area contributed by atoms with Crippen LogP contribution in [0.2, 0.25) is 0 Å². The lowest BCUT2D eigenvalue weighted by atomic mass is 9.96. The Morgan fingerprint density at radius 3 is 2.40 bits per heavy atom. The molecule has 0 aliphatic heterocycles. The van der Waals surface area contributed by atoms with Gasteiger partial charge in [0, 0.05) is 18.2 Å². The van der Waals surface area contributed by atoms with Crippen molar-refractivity contribution < 1.29 is 14.7 Å². The molecule has 1 aromatic rings. The summed E-state index contributed by atoms with van der Waals surface area (Å²) in [7, 11) is 0. The van der Waals surface area contributed by atoms with Gasteiger partial charge in [0.15, 0.2) is 0 Å². The molecule has 1 aromatic carbocycles. The van der Waals surface area contributed by atoms with Crippen molar-refractivity contribution in [3.05, 3.63) is 29.8 Å². The van der Waals surface area contributed by atoms with Crippen molar-refractivity contribution in [2.45, 2.75) is 44.1 Å². The molecule has 1 aliphatic rings. The van der Waals surface area contributed by atoms with E-state index in [1.54, 1.807) is 24.3 Å². The molecule has 0 spiro atoms. The molecule has 0 bridgehead atoms. The highest BCUT2D eigenvalue weighted by molar-refractivity contribution is 5.91. The molecule has 1 saturated carbocycles. The Bertz CT molecular complexity index is 506. The number of amides is 1. The molecule has 0 heterocycles. The summed E-state index contributed by atoms with van der Waals surface area (Å²) in [6.07, 6.45) is 2.41.